The molecule has 29 heavy (non-hydrogen) atoms. The van der Waals surface area contributed by atoms with Crippen molar-refractivity contribution in [2.75, 3.05) is 26.7 Å². The maximum atomic E-state index is 12.8. The number of carbonyl (C=O) groups is 3. The van der Waals surface area contributed by atoms with E-state index < -0.39 is 5.60 Å². The van der Waals surface area contributed by atoms with Gasteiger partial charge in [-0.3, -0.25) is 14.4 Å². The fraction of sp³-hybridized carbons (Fsp3) is 0.474. The first-order valence-electron chi connectivity index (χ1n) is 9.21. The molecule has 2 aromatic rings. The molecule has 0 aliphatic carbocycles. The number of pyridine rings is 1. The molecule has 1 aliphatic rings. The minimum Gasteiger partial charge on any atom is -0.483 e. The number of rotatable bonds is 5. The van der Waals surface area contributed by atoms with Gasteiger partial charge in [0.15, 0.2) is 0 Å². The van der Waals surface area contributed by atoms with Crippen LogP contribution in [0.2, 0.25) is 5.02 Å². The van der Waals surface area contributed by atoms with Crippen LogP contribution in [-0.4, -0.2) is 70.0 Å². The second-order valence-electron chi connectivity index (χ2n) is 6.65. The molecule has 10 heteroatoms. The summed E-state index contributed by atoms with van der Waals surface area (Å²) < 4.78 is 7.43. The number of aromatic nitrogens is 2. The molecule has 0 atom stereocenters. The third-order valence-electron chi connectivity index (χ3n) is 4.96. The molecule has 0 saturated carbocycles. The lowest BCUT2D eigenvalue weighted by Gasteiger charge is -2.40. The van der Waals surface area contributed by atoms with Crippen LogP contribution in [0.5, 0.6) is 0 Å². The van der Waals surface area contributed by atoms with Crippen LogP contribution in [-0.2, 0) is 14.3 Å². The van der Waals surface area contributed by atoms with Crippen molar-refractivity contribution in [3.05, 3.63) is 35.2 Å². The second-order valence-corrected chi connectivity index (χ2v) is 7.09. The number of carboxylic acid groups (broad SMARTS) is 1. The summed E-state index contributed by atoms with van der Waals surface area (Å²) in [5.41, 5.74) is 0.661. The van der Waals surface area contributed by atoms with Crippen LogP contribution in [0, 0.1) is 0 Å². The highest BCUT2D eigenvalue weighted by atomic mass is 35.5. The molecule has 158 valence electrons. The minimum atomic E-state index is -0.423. The number of fused-ring (bicyclic) bond motifs is 1. The van der Waals surface area contributed by atoms with Crippen molar-refractivity contribution in [3.63, 3.8) is 0 Å². The molecule has 1 fully saturated rings. The number of hydrogen-bond donors (Lipinski definition) is 2. The number of carbonyl (C=O) groups excluding carboxylic acids is 2. The lowest BCUT2D eigenvalue weighted by Crippen LogP contribution is -2.53. The largest absolute Gasteiger partial charge is 0.483 e. The number of nitrogens with zero attached hydrogens (tertiary/aromatic N) is 3. The highest BCUT2D eigenvalue weighted by molar-refractivity contribution is 6.30. The van der Waals surface area contributed by atoms with Gasteiger partial charge in [0, 0.05) is 45.6 Å². The molecule has 3 rings (SSSR count). The molecule has 2 aromatic heterocycles. The van der Waals surface area contributed by atoms with E-state index in [4.69, 9.17) is 26.2 Å². The van der Waals surface area contributed by atoms with Crippen LogP contribution >= 0.6 is 11.6 Å². The molecule has 2 N–H and O–H groups in total. The zero-order chi connectivity index (χ0) is 21.4. The first kappa shape index (κ1) is 22.6. The van der Waals surface area contributed by atoms with Gasteiger partial charge in [0.25, 0.3) is 12.4 Å². The normalized spacial score (nSPS) is 15.3. The summed E-state index contributed by atoms with van der Waals surface area (Å²) in [5.74, 6) is -0.101. The zero-order valence-corrected chi connectivity index (χ0v) is 17.2. The van der Waals surface area contributed by atoms with E-state index in [-0.39, 0.29) is 18.3 Å². The smallest absolute Gasteiger partial charge is 0.290 e. The van der Waals surface area contributed by atoms with E-state index >= 15 is 0 Å². The number of imidazole rings is 1. The highest BCUT2D eigenvalue weighted by Crippen LogP contribution is 2.26. The van der Waals surface area contributed by atoms with E-state index in [1.807, 2.05) is 6.92 Å². The van der Waals surface area contributed by atoms with Crippen molar-refractivity contribution in [2.24, 2.45) is 0 Å². The molecule has 0 bridgehead atoms. The topological polar surface area (TPSA) is 113 Å². The van der Waals surface area contributed by atoms with E-state index in [0.29, 0.717) is 55.3 Å². The monoisotopic (exact) mass is 424 g/mol. The fourth-order valence-corrected chi connectivity index (χ4v) is 3.35. The number of likely N-dealkylation sites (tertiary alicyclic amines) is 1. The molecule has 9 nitrogen and oxygen atoms in total. The van der Waals surface area contributed by atoms with Crippen LogP contribution in [0.25, 0.3) is 5.65 Å². The second kappa shape index (κ2) is 10.2. The molecule has 1 aliphatic heterocycles. The van der Waals surface area contributed by atoms with Crippen molar-refractivity contribution in [1.29, 1.82) is 0 Å². The summed E-state index contributed by atoms with van der Waals surface area (Å²) in [6.45, 7) is 3.15. The van der Waals surface area contributed by atoms with Gasteiger partial charge >= 0.3 is 0 Å². The summed E-state index contributed by atoms with van der Waals surface area (Å²) in [5, 5.41) is 10.4. The Morgan fingerprint density at radius 1 is 1.34 bits per heavy atom. The van der Waals surface area contributed by atoms with Gasteiger partial charge < -0.3 is 24.5 Å². The van der Waals surface area contributed by atoms with Gasteiger partial charge in [-0.15, -0.1) is 0 Å². The van der Waals surface area contributed by atoms with Crippen molar-refractivity contribution in [2.45, 2.75) is 31.8 Å². The van der Waals surface area contributed by atoms with Gasteiger partial charge in [-0.05, 0) is 25.0 Å². The quantitative estimate of drug-likeness (QED) is 0.708. The SMILES string of the molecule is CCC(=O)NCC1(OC)CCN(C(=O)c2cn3cc(Cl)ccc3n2)CC1.O=CO. The third-order valence-corrected chi connectivity index (χ3v) is 5.18. The minimum absolute atomic E-state index is 0.00305. The molecule has 0 aromatic carbocycles. The van der Waals surface area contributed by atoms with E-state index in [1.54, 1.807) is 40.9 Å². The molecular weight excluding hydrogens is 400 g/mol. The summed E-state index contributed by atoms with van der Waals surface area (Å²) in [6, 6.07) is 3.53. The summed E-state index contributed by atoms with van der Waals surface area (Å²) >= 11 is 5.98. The Bertz CT molecular complexity index is 861. The molecule has 0 unspecified atom stereocenters. The predicted molar refractivity (Wildman–Crippen MR) is 107 cm³/mol. The average molecular weight is 425 g/mol. The Labute approximate surface area is 173 Å². The van der Waals surface area contributed by atoms with Crippen LogP contribution in [0.1, 0.15) is 36.7 Å². The molecule has 3 heterocycles. The lowest BCUT2D eigenvalue weighted by molar-refractivity contribution is -0.123. The van der Waals surface area contributed by atoms with Gasteiger partial charge in [-0.25, -0.2) is 4.98 Å². The predicted octanol–water partition coefficient (Wildman–Crippen LogP) is 1.84. The van der Waals surface area contributed by atoms with Crippen LogP contribution in [0.4, 0.5) is 0 Å². The number of hydrogen-bond acceptors (Lipinski definition) is 5. The molecule has 1 saturated heterocycles. The summed E-state index contributed by atoms with van der Waals surface area (Å²) in [6.07, 6.45) is 5.20. The highest BCUT2D eigenvalue weighted by Gasteiger charge is 2.36. The summed E-state index contributed by atoms with van der Waals surface area (Å²) in [4.78, 5) is 38.8. The average Bonchev–Trinajstić information content (AvgIpc) is 3.15. The standard InChI is InChI=1S/C18H23ClN4O3.CH2O2/c1-3-16(24)20-12-18(26-2)6-8-22(9-7-18)17(25)14-11-23-10-13(19)4-5-15(23)21-14;2-1-3/h4-5,10-11H,3,6-9,12H2,1-2H3,(H,20,24);1H,(H,2,3). The Balaban J connectivity index is 0.000000941. The lowest BCUT2D eigenvalue weighted by atomic mass is 9.90. The van der Waals surface area contributed by atoms with E-state index in [9.17, 15) is 9.59 Å². The number of halogens is 1. The number of nitrogens with one attached hydrogen (secondary N) is 1. The Kier molecular flexibility index (Phi) is 7.98. The molecule has 0 radical (unpaired) electrons. The van der Waals surface area contributed by atoms with Gasteiger partial charge in [0.05, 0.1) is 10.6 Å². The Morgan fingerprint density at radius 3 is 2.59 bits per heavy atom. The zero-order valence-electron chi connectivity index (χ0n) is 16.4. The van der Waals surface area contributed by atoms with Gasteiger partial charge in [0.1, 0.15) is 11.3 Å². The van der Waals surface area contributed by atoms with Gasteiger partial charge in [-0.1, -0.05) is 18.5 Å². The number of methoxy groups -OCH3 is 1. The van der Waals surface area contributed by atoms with E-state index in [2.05, 4.69) is 10.3 Å². The molecule has 2 amide bonds. The van der Waals surface area contributed by atoms with Crippen LogP contribution < -0.4 is 5.32 Å². The van der Waals surface area contributed by atoms with Gasteiger partial charge in [-0.2, -0.15) is 0 Å². The van der Waals surface area contributed by atoms with Gasteiger partial charge in [0.2, 0.25) is 5.91 Å². The van der Waals surface area contributed by atoms with Crippen LogP contribution in [0.15, 0.2) is 24.5 Å². The fourth-order valence-electron chi connectivity index (χ4n) is 3.18. The number of ether oxygens (including phenoxy) is 1. The molecule has 0 spiro atoms. The Hall–Kier alpha value is -2.65. The van der Waals surface area contributed by atoms with Crippen LogP contribution in [0.3, 0.4) is 0 Å². The number of piperidine rings is 1. The number of amides is 2. The Morgan fingerprint density at radius 2 is 2.00 bits per heavy atom. The van der Waals surface area contributed by atoms with E-state index in [0.717, 1.165) is 0 Å². The maximum Gasteiger partial charge on any atom is 0.290 e. The van der Waals surface area contributed by atoms with Crippen molar-refractivity contribution >= 4 is 35.5 Å². The van der Waals surface area contributed by atoms with Crippen molar-refractivity contribution < 1.29 is 24.2 Å². The van der Waals surface area contributed by atoms with Crippen molar-refractivity contribution in [3.8, 4) is 0 Å². The van der Waals surface area contributed by atoms with Crippen molar-refractivity contribution in [1.82, 2.24) is 19.6 Å². The first-order valence-corrected chi connectivity index (χ1v) is 9.59. The van der Waals surface area contributed by atoms with E-state index in [1.165, 1.54) is 0 Å². The first-order chi connectivity index (χ1) is 13.9. The molecular formula is C19H25ClN4O5. The maximum absolute atomic E-state index is 12.8. The summed E-state index contributed by atoms with van der Waals surface area (Å²) in [7, 11) is 1.65. The third kappa shape index (κ3) is 5.68.